The number of nitrogens with zero attached hydrogens (tertiary/aromatic N) is 2. The maximum Gasteiger partial charge on any atom is 0.332 e. The zero-order valence-corrected chi connectivity index (χ0v) is 16.1. The van der Waals surface area contributed by atoms with E-state index in [4.69, 9.17) is 0 Å². The van der Waals surface area contributed by atoms with E-state index < -0.39 is 19.7 Å². The van der Waals surface area contributed by atoms with E-state index in [1.807, 2.05) is 30.3 Å². The number of hydrogen-bond donors (Lipinski definition) is 3. The van der Waals surface area contributed by atoms with Gasteiger partial charge < -0.3 is 5.11 Å². The molecule has 7 nitrogen and oxygen atoms in total. The number of carbonyl (C=O) groups is 2. The van der Waals surface area contributed by atoms with Crippen LogP contribution in [0.2, 0.25) is 0 Å². The molecular weight excluding hydrogens is 367 g/mol. The first-order valence-corrected chi connectivity index (χ1v) is 11.2. The molecule has 0 aliphatic carbocycles. The van der Waals surface area contributed by atoms with Crippen molar-refractivity contribution in [2.75, 3.05) is 19.3 Å². The normalized spacial score (nSPS) is 23.2. The highest BCUT2D eigenvalue weighted by Crippen LogP contribution is 2.54. The van der Waals surface area contributed by atoms with E-state index in [9.17, 15) is 24.5 Å². The minimum Gasteiger partial charge on any atom is -0.479 e. The Kier molecular flexibility index (Phi) is 6.27. The van der Waals surface area contributed by atoms with Gasteiger partial charge in [-0.25, -0.2) is 19.6 Å². The summed E-state index contributed by atoms with van der Waals surface area (Å²) in [6.45, 7) is 1.16. The van der Waals surface area contributed by atoms with Crippen LogP contribution < -0.4 is 0 Å². The first-order chi connectivity index (χ1) is 12.9. The van der Waals surface area contributed by atoms with Crippen LogP contribution in [0.25, 0.3) is 0 Å². The van der Waals surface area contributed by atoms with Crippen LogP contribution in [0.1, 0.15) is 31.2 Å². The molecular formula is C19H26N2O5P+. The lowest BCUT2D eigenvalue weighted by molar-refractivity contribution is -0.167. The zero-order valence-electron chi connectivity index (χ0n) is 15.2. The van der Waals surface area contributed by atoms with Crippen LogP contribution >= 0.6 is 7.72 Å². The smallest absolute Gasteiger partial charge is 0.332 e. The number of benzene rings is 1. The van der Waals surface area contributed by atoms with Crippen molar-refractivity contribution in [2.24, 2.45) is 0 Å². The highest BCUT2D eigenvalue weighted by Gasteiger charge is 2.44. The fourth-order valence-corrected chi connectivity index (χ4v) is 5.21. The molecule has 8 heteroatoms. The monoisotopic (exact) mass is 393 g/mol. The van der Waals surface area contributed by atoms with Gasteiger partial charge in [-0.1, -0.05) is 30.3 Å². The lowest BCUT2D eigenvalue weighted by Crippen LogP contribution is -2.58. The van der Waals surface area contributed by atoms with Crippen molar-refractivity contribution in [2.45, 2.75) is 38.1 Å². The summed E-state index contributed by atoms with van der Waals surface area (Å²) in [6.07, 6.45) is 2.98. The highest BCUT2D eigenvalue weighted by atomic mass is 31.2. The fourth-order valence-electron chi connectivity index (χ4n) is 3.70. The molecule has 0 radical (unpaired) electrons. The lowest BCUT2D eigenvalue weighted by atomic mass is 10.0. The standard InChI is InChI=1S/C19H25N2O5P/c22-17-8-4-5-11-20-12-9-16(18(19(23)24)21(17)20)14-27(25,26)13-10-15-6-2-1-3-7-15/h1-3,6-7,14,18,25-26H,4-5,8-13H2/p+1. The summed E-state index contributed by atoms with van der Waals surface area (Å²) in [4.78, 5) is 45.4. The summed E-state index contributed by atoms with van der Waals surface area (Å²) in [7, 11) is -3.41. The first-order valence-electron chi connectivity index (χ1n) is 9.26. The molecule has 2 fully saturated rings. The summed E-state index contributed by atoms with van der Waals surface area (Å²) >= 11 is 0. The molecule has 0 aromatic heterocycles. The van der Waals surface area contributed by atoms with Crippen molar-refractivity contribution in [1.29, 1.82) is 0 Å². The van der Waals surface area contributed by atoms with Gasteiger partial charge in [-0.3, -0.25) is 9.80 Å². The number of rotatable bonds is 5. The van der Waals surface area contributed by atoms with Gasteiger partial charge in [-0.15, -0.1) is 0 Å². The van der Waals surface area contributed by atoms with Crippen LogP contribution in [0.15, 0.2) is 41.7 Å². The molecule has 1 aromatic carbocycles. The topological polar surface area (TPSA) is 101 Å². The zero-order chi connectivity index (χ0) is 19.4. The summed E-state index contributed by atoms with van der Waals surface area (Å²) < 4.78 is 0. The van der Waals surface area contributed by atoms with Crippen molar-refractivity contribution in [3.05, 3.63) is 47.3 Å². The Labute approximate surface area is 159 Å². The number of aliphatic carboxylic acids is 1. The molecule has 3 N–H and O–H groups in total. The molecule has 0 spiro atoms. The second-order valence-corrected chi connectivity index (χ2v) is 9.37. The van der Waals surface area contributed by atoms with E-state index in [0.717, 1.165) is 18.4 Å². The third-order valence-corrected chi connectivity index (χ3v) is 6.68. The molecule has 3 rings (SSSR count). The van der Waals surface area contributed by atoms with Crippen LogP contribution in [-0.2, 0) is 16.0 Å². The predicted molar refractivity (Wildman–Crippen MR) is 103 cm³/mol. The number of carboxylic acids is 1. The van der Waals surface area contributed by atoms with Gasteiger partial charge in [0.05, 0.1) is 0 Å². The number of aryl methyl sites for hydroxylation is 1. The summed E-state index contributed by atoms with van der Waals surface area (Å²) in [6, 6.07) is 8.37. The summed E-state index contributed by atoms with van der Waals surface area (Å²) in [5.41, 5.74) is 1.41. The number of carbonyl (C=O) groups excluding carboxylic acids is 1. The molecule has 27 heavy (non-hydrogen) atoms. The number of fused-ring (bicyclic) bond motifs is 1. The molecule has 1 atom stereocenters. The Morgan fingerprint density at radius 1 is 1.15 bits per heavy atom. The molecule has 1 aromatic rings. The van der Waals surface area contributed by atoms with Gasteiger partial charge in [0, 0.05) is 31.5 Å². The average molecular weight is 393 g/mol. The molecule has 0 saturated carbocycles. The Morgan fingerprint density at radius 2 is 1.89 bits per heavy atom. The van der Waals surface area contributed by atoms with Crippen LogP contribution in [0.4, 0.5) is 0 Å². The second-order valence-electron chi connectivity index (χ2n) is 7.09. The Morgan fingerprint density at radius 3 is 2.59 bits per heavy atom. The van der Waals surface area contributed by atoms with E-state index in [2.05, 4.69) is 0 Å². The van der Waals surface area contributed by atoms with Gasteiger partial charge in [-0.2, -0.15) is 0 Å². The highest BCUT2D eigenvalue weighted by molar-refractivity contribution is 7.67. The molecule has 2 saturated heterocycles. The SMILES string of the molecule is O=C(O)C1C(=C[P+](O)(O)CCc2ccccc2)CCN2CCCCC(=O)N12. The van der Waals surface area contributed by atoms with Gasteiger partial charge in [0.15, 0.2) is 6.04 Å². The fraction of sp³-hybridized carbons (Fsp3) is 0.474. The van der Waals surface area contributed by atoms with E-state index in [1.54, 1.807) is 5.01 Å². The van der Waals surface area contributed by atoms with Crippen LogP contribution in [-0.4, -0.2) is 62.1 Å². The maximum atomic E-state index is 12.5. The summed E-state index contributed by atoms with van der Waals surface area (Å²) in [5.74, 6) is -0.0107. The van der Waals surface area contributed by atoms with Gasteiger partial charge in [0.1, 0.15) is 12.0 Å². The van der Waals surface area contributed by atoms with Crippen molar-refractivity contribution >= 4 is 19.6 Å². The molecule has 1 amide bonds. The number of hydrogen-bond acceptors (Lipinski definition) is 5. The Hall–Kier alpha value is -1.79. The van der Waals surface area contributed by atoms with E-state index >= 15 is 0 Å². The number of carboxylic acid groups (broad SMARTS) is 1. The van der Waals surface area contributed by atoms with Crippen LogP contribution in [0.3, 0.4) is 0 Å². The third kappa shape index (κ3) is 4.93. The second kappa shape index (κ2) is 8.48. The van der Waals surface area contributed by atoms with Gasteiger partial charge in [0.25, 0.3) is 7.72 Å². The number of hydrazine groups is 1. The van der Waals surface area contributed by atoms with Crippen molar-refractivity contribution in [1.82, 2.24) is 10.0 Å². The predicted octanol–water partition coefficient (Wildman–Crippen LogP) is 2.03. The molecule has 146 valence electrons. The Balaban J connectivity index is 1.80. The van der Waals surface area contributed by atoms with Crippen molar-refractivity contribution in [3.8, 4) is 0 Å². The van der Waals surface area contributed by atoms with Gasteiger partial charge >= 0.3 is 5.97 Å². The molecule has 0 bridgehead atoms. The quantitative estimate of drug-likeness (QED) is 0.662. The summed E-state index contributed by atoms with van der Waals surface area (Å²) in [5, 5.41) is 12.9. The molecule has 1 unspecified atom stereocenters. The largest absolute Gasteiger partial charge is 0.479 e. The van der Waals surface area contributed by atoms with Crippen molar-refractivity contribution in [3.63, 3.8) is 0 Å². The van der Waals surface area contributed by atoms with Crippen LogP contribution in [0, 0.1) is 0 Å². The minimum absolute atomic E-state index is 0.157. The minimum atomic E-state index is -3.41. The molecule has 2 heterocycles. The maximum absolute atomic E-state index is 12.5. The first kappa shape index (κ1) is 20.0. The van der Waals surface area contributed by atoms with Crippen LogP contribution in [0.5, 0.6) is 0 Å². The van der Waals surface area contributed by atoms with Gasteiger partial charge in [0.2, 0.25) is 5.91 Å². The third-order valence-electron chi connectivity index (χ3n) is 5.05. The average Bonchev–Trinajstić information content (AvgIpc) is 2.82. The van der Waals surface area contributed by atoms with E-state index in [0.29, 0.717) is 37.9 Å². The van der Waals surface area contributed by atoms with Gasteiger partial charge in [-0.05, 0) is 24.8 Å². The number of amides is 1. The Bertz CT molecular complexity index is 722. The van der Waals surface area contributed by atoms with Crippen molar-refractivity contribution < 1.29 is 24.5 Å². The van der Waals surface area contributed by atoms with E-state index in [-0.39, 0.29) is 12.1 Å². The lowest BCUT2D eigenvalue weighted by Gasteiger charge is -2.42. The molecule has 2 aliphatic rings. The van der Waals surface area contributed by atoms with E-state index in [1.165, 1.54) is 10.8 Å². The molecule has 2 aliphatic heterocycles.